The highest BCUT2D eigenvalue weighted by molar-refractivity contribution is 5.96. The summed E-state index contributed by atoms with van der Waals surface area (Å²) in [7, 11) is 3.22. The number of anilines is 1. The van der Waals surface area contributed by atoms with E-state index >= 15 is 0 Å². The van der Waals surface area contributed by atoms with Crippen molar-refractivity contribution in [3.63, 3.8) is 0 Å². The van der Waals surface area contributed by atoms with Crippen LogP contribution < -0.4 is 10.1 Å². The van der Waals surface area contributed by atoms with E-state index in [9.17, 15) is 9.59 Å². The number of hydrogen-bond donors (Lipinski definition) is 1. The van der Waals surface area contributed by atoms with E-state index < -0.39 is 0 Å². The second kappa shape index (κ2) is 8.39. The van der Waals surface area contributed by atoms with Crippen molar-refractivity contribution in [2.45, 2.75) is 27.2 Å². The second-order valence-corrected chi connectivity index (χ2v) is 7.37. The molecule has 1 N–H and O–H groups in total. The lowest BCUT2D eigenvalue weighted by molar-refractivity contribution is -0.132. The molecule has 2 amide bonds. The number of nitrogens with one attached hydrogen (secondary N) is 1. The van der Waals surface area contributed by atoms with Gasteiger partial charge in [0, 0.05) is 29.8 Å². The molecule has 0 aliphatic rings. The van der Waals surface area contributed by atoms with Gasteiger partial charge in [-0.3, -0.25) is 9.59 Å². The molecule has 6 nitrogen and oxygen atoms in total. The number of nitrogens with zero attached hydrogens (tertiary/aromatic N) is 1. The number of benzene rings is 2. The van der Waals surface area contributed by atoms with Crippen LogP contribution in [-0.4, -0.2) is 37.4 Å². The summed E-state index contributed by atoms with van der Waals surface area (Å²) in [5.41, 5.74) is 5.41. The van der Waals surface area contributed by atoms with Gasteiger partial charge in [0.2, 0.25) is 11.8 Å². The van der Waals surface area contributed by atoms with E-state index in [1.807, 2.05) is 45.0 Å². The molecule has 0 aliphatic heterocycles. The van der Waals surface area contributed by atoms with Crippen molar-refractivity contribution >= 4 is 28.5 Å². The minimum atomic E-state index is -0.224. The number of carbonyl (C=O) groups is 2. The quantitative estimate of drug-likeness (QED) is 0.686. The molecule has 1 aromatic heterocycles. The van der Waals surface area contributed by atoms with E-state index in [1.54, 1.807) is 26.5 Å². The molecule has 0 radical (unpaired) electrons. The molecule has 3 rings (SSSR count). The first-order valence-electron chi connectivity index (χ1n) is 9.44. The third kappa shape index (κ3) is 4.59. The molecular weight excluding hydrogens is 368 g/mol. The average molecular weight is 394 g/mol. The van der Waals surface area contributed by atoms with E-state index in [0.717, 1.165) is 33.3 Å². The van der Waals surface area contributed by atoms with Crippen LogP contribution in [0.2, 0.25) is 0 Å². The van der Waals surface area contributed by atoms with Crippen molar-refractivity contribution in [2.24, 2.45) is 0 Å². The second-order valence-electron chi connectivity index (χ2n) is 7.37. The first-order chi connectivity index (χ1) is 13.8. The van der Waals surface area contributed by atoms with E-state index in [0.29, 0.717) is 11.3 Å². The predicted octanol–water partition coefficient (Wildman–Crippen LogP) is 4.01. The molecule has 3 aromatic rings. The fraction of sp³-hybridized carbons (Fsp3) is 0.304. The lowest BCUT2D eigenvalue weighted by Crippen LogP contribution is -2.36. The lowest BCUT2D eigenvalue weighted by atomic mass is 10.1. The van der Waals surface area contributed by atoms with Crippen molar-refractivity contribution in [2.75, 3.05) is 26.0 Å². The van der Waals surface area contributed by atoms with E-state index in [1.165, 1.54) is 4.90 Å². The lowest BCUT2D eigenvalue weighted by Gasteiger charge is -2.18. The molecule has 0 aliphatic carbocycles. The molecule has 0 saturated carbocycles. The fourth-order valence-corrected chi connectivity index (χ4v) is 3.49. The highest BCUT2D eigenvalue weighted by Gasteiger charge is 2.17. The van der Waals surface area contributed by atoms with Crippen LogP contribution in [0.15, 0.2) is 41.0 Å². The number of methoxy groups -OCH3 is 1. The van der Waals surface area contributed by atoms with Crippen molar-refractivity contribution < 1.29 is 18.7 Å². The Bertz CT molecular complexity index is 1040. The Balaban J connectivity index is 1.64. The van der Waals surface area contributed by atoms with Crippen LogP contribution in [0.5, 0.6) is 5.75 Å². The van der Waals surface area contributed by atoms with Crippen LogP contribution in [0.1, 0.15) is 22.3 Å². The Morgan fingerprint density at radius 1 is 1.10 bits per heavy atom. The number of aryl methyl sites for hydroxylation is 3. The maximum absolute atomic E-state index is 12.6. The Kier molecular flexibility index (Phi) is 5.92. The molecule has 0 bridgehead atoms. The number of carbonyl (C=O) groups excluding carboxylic acids is 2. The van der Waals surface area contributed by atoms with E-state index in [-0.39, 0.29) is 24.8 Å². The maximum Gasteiger partial charge on any atom is 0.243 e. The van der Waals surface area contributed by atoms with Crippen LogP contribution in [0.3, 0.4) is 0 Å². The van der Waals surface area contributed by atoms with Gasteiger partial charge in [0.05, 0.1) is 26.3 Å². The maximum atomic E-state index is 12.6. The van der Waals surface area contributed by atoms with Crippen LogP contribution in [0, 0.1) is 20.8 Å². The number of hydrogen-bond acceptors (Lipinski definition) is 4. The third-order valence-electron chi connectivity index (χ3n) is 4.95. The Morgan fingerprint density at radius 2 is 1.79 bits per heavy atom. The van der Waals surface area contributed by atoms with Crippen molar-refractivity contribution in [1.29, 1.82) is 0 Å². The number of likely N-dealkylation sites (N-methyl/N-ethyl adjacent to an activating group) is 1. The van der Waals surface area contributed by atoms with Gasteiger partial charge in [-0.15, -0.1) is 0 Å². The molecular formula is C23H26N2O4. The predicted molar refractivity (Wildman–Crippen MR) is 113 cm³/mol. The standard InChI is InChI=1S/C23H26N2O4/c1-14-8-15(2)23(16(3)9-14)24-21(26)12-25(4)22(27)10-17-13-29-20-11-18(28-5)6-7-19(17)20/h6-9,11,13H,10,12H2,1-5H3,(H,24,26). The number of rotatable bonds is 6. The van der Waals surface area contributed by atoms with Crippen LogP contribution in [0.25, 0.3) is 11.0 Å². The molecule has 29 heavy (non-hydrogen) atoms. The Hall–Kier alpha value is -3.28. The normalized spacial score (nSPS) is 10.8. The van der Waals surface area contributed by atoms with Gasteiger partial charge in [-0.05, 0) is 44.0 Å². The minimum absolute atomic E-state index is 0.0187. The first kappa shape index (κ1) is 20.5. The van der Waals surface area contributed by atoms with Gasteiger partial charge < -0.3 is 19.4 Å². The molecule has 0 spiro atoms. The zero-order chi connectivity index (χ0) is 21.1. The molecule has 6 heteroatoms. The highest BCUT2D eigenvalue weighted by Crippen LogP contribution is 2.26. The smallest absolute Gasteiger partial charge is 0.243 e. The summed E-state index contributed by atoms with van der Waals surface area (Å²) in [5.74, 6) is 0.314. The summed E-state index contributed by atoms with van der Waals surface area (Å²) in [5, 5.41) is 3.79. The summed E-state index contributed by atoms with van der Waals surface area (Å²) in [6, 6.07) is 9.53. The SMILES string of the molecule is COc1ccc2c(CC(=O)N(C)CC(=O)Nc3c(C)cc(C)cc3C)coc2c1. The van der Waals surface area contributed by atoms with Gasteiger partial charge in [0.1, 0.15) is 11.3 Å². The summed E-state index contributed by atoms with van der Waals surface area (Å²) < 4.78 is 10.7. The topological polar surface area (TPSA) is 71.8 Å². The molecule has 1 heterocycles. The monoisotopic (exact) mass is 394 g/mol. The molecule has 0 atom stereocenters. The largest absolute Gasteiger partial charge is 0.497 e. The molecule has 0 unspecified atom stereocenters. The third-order valence-corrected chi connectivity index (χ3v) is 4.95. The van der Waals surface area contributed by atoms with Crippen LogP contribution in [-0.2, 0) is 16.0 Å². The molecule has 0 fully saturated rings. The Labute approximate surface area is 170 Å². The Morgan fingerprint density at radius 3 is 2.45 bits per heavy atom. The van der Waals surface area contributed by atoms with Crippen molar-refractivity contribution in [1.82, 2.24) is 4.90 Å². The zero-order valence-corrected chi connectivity index (χ0v) is 17.5. The van der Waals surface area contributed by atoms with Crippen molar-refractivity contribution in [3.8, 4) is 5.75 Å². The van der Waals surface area contributed by atoms with Crippen LogP contribution in [0.4, 0.5) is 5.69 Å². The average Bonchev–Trinajstić information content (AvgIpc) is 3.06. The summed E-state index contributed by atoms with van der Waals surface area (Å²) in [4.78, 5) is 26.5. The number of ether oxygens (including phenoxy) is 1. The van der Waals surface area contributed by atoms with Crippen molar-refractivity contribution in [3.05, 3.63) is 58.8 Å². The van der Waals surface area contributed by atoms with Gasteiger partial charge in [-0.2, -0.15) is 0 Å². The number of furan rings is 1. The number of fused-ring (bicyclic) bond motifs is 1. The summed E-state index contributed by atoms with van der Waals surface area (Å²) >= 11 is 0. The molecule has 152 valence electrons. The molecule has 0 saturated heterocycles. The summed E-state index contributed by atoms with van der Waals surface area (Å²) in [6.07, 6.45) is 1.74. The zero-order valence-electron chi connectivity index (χ0n) is 17.5. The fourth-order valence-electron chi connectivity index (χ4n) is 3.49. The van der Waals surface area contributed by atoms with Gasteiger partial charge in [-0.1, -0.05) is 17.7 Å². The van der Waals surface area contributed by atoms with E-state index in [4.69, 9.17) is 9.15 Å². The van der Waals surface area contributed by atoms with Gasteiger partial charge in [0.15, 0.2) is 0 Å². The minimum Gasteiger partial charge on any atom is -0.497 e. The van der Waals surface area contributed by atoms with Gasteiger partial charge in [0.25, 0.3) is 0 Å². The summed E-state index contributed by atoms with van der Waals surface area (Å²) in [6.45, 7) is 5.93. The van der Waals surface area contributed by atoms with Gasteiger partial charge >= 0.3 is 0 Å². The van der Waals surface area contributed by atoms with E-state index in [2.05, 4.69) is 5.32 Å². The first-order valence-corrected chi connectivity index (χ1v) is 9.44. The highest BCUT2D eigenvalue weighted by atomic mass is 16.5. The van der Waals surface area contributed by atoms with Crippen LogP contribution >= 0.6 is 0 Å². The van der Waals surface area contributed by atoms with Gasteiger partial charge in [-0.25, -0.2) is 0 Å². The number of amides is 2. The molecule has 2 aromatic carbocycles.